The SMILES string of the molecule is C.C=C(C)c1c([N+](=O)[O-])cnc2sc(C)nc12.C=[C](OCC)[Sn]([CH2]CCC)([CH2]CCC)[CH2]CCC.CC(=O)c1c(N)cnc2sc(C)nc12.CC(=O)c1c([N+](=O)[O-])cnc2sc(C)nc12.Cc1nc2c(Br)c([N+](=O)[O-])cnc2s1.[Cl][Pd][Cl].c1ccc(P(c2ccccc2)c2ccccc2)cc1.c1ccc(P(c2ccccc2)c2ccccc2)cc1. The Kier molecular flexibility index (Phi) is 43.0. The third kappa shape index (κ3) is 28.8. The molecule has 0 fully saturated rings. The number of unbranched alkanes of at least 4 members (excludes halogenated alkanes) is 3. The molecule has 632 valence electrons. The minimum Gasteiger partial charge on any atom is -0.0622 e. The first-order chi connectivity index (χ1) is 57.2. The molecule has 0 atom stereocenters. The van der Waals surface area contributed by atoms with Crippen LogP contribution >= 0.6 is 96.2 Å². The molecular formula is C88H97BrCl2N12O9P2PdS4Sn. The number of thiazole rings is 4. The van der Waals surface area contributed by atoms with Crippen LogP contribution in [-0.4, -0.2) is 91.2 Å². The molecule has 21 nitrogen and oxygen atoms in total. The molecule has 2 N–H and O–H groups in total. The van der Waals surface area contributed by atoms with E-state index in [4.69, 9.17) is 29.5 Å². The number of ketones is 2. The molecule has 0 saturated heterocycles. The van der Waals surface area contributed by atoms with Gasteiger partial charge in [-0.05, 0) is 118 Å². The van der Waals surface area contributed by atoms with Gasteiger partial charge in [0.05, 0.1) is 57.8 Å². The normalized spacial score (nSPS) is 10.6. The fraction of sp³-hybridized carbons (Fsp3) is 0.250. The number of nitrogen functional groups attached to an aromatic ring is 1. The van der Waals surface area contributed by atoms with Crippen molar-refractivity contribution in [2.75, 3.05) is 12.3 Å². The minimum absolute atomic E-state index is 0. The maximum Gasteiger partial charge on any atom is -0.0134 e. The summed E-state index contributed by atoms with van der Waals surface area (Å²) in [6, 6.07) is 64.7. The van der Waals surface area contributed by atoms with Gasteiger partial charge in [0.2, 0.25) is 0 Å². The summed E-state index contributed by atoms with van der Waals surface area (Å²) in [5.74, 6) is -0.440. The van der Waals surface area contributed by atoms with Crippen LogP contribution in [0.2, 0.25) is 13.3 Å². The van der Waals surface area contributed by atoms with Gasteiger partial charge in [0.1, 0.15) is 70.0 Å². The monoisotopic (exact) mass is 2030 g/mol. The summed E-state index contributed by atoms with van der Waals surface area (Å²) in [6.45, 7) is 29.8. The number of halogens is 3. The number of allylic oxidation sites excluding steroid dienone is 1. The number of pyridine rings is 4. The molecule has 0 aliphatic rings. The molecule has 14 rings (SSSR count). The predicted octanol–water partition coefficient (Wildman–Crippen LogP) is 24.3. The summed E-state index contributed by atoms with van der Waals surface area (Å²) in [6.07, 6.45) is 13.2. The van der Waals surface area contributed by atoms with Gasteiger partial charge >= 0.3 is 166 Å². The van der Waals surface area contributed by atoms with Crippen LogP contribution in [0.3, 0.4) is 0 Å². The van der Waals surface area contributed by atoms with E-state index in [1.807, 2.05) is 20.8 Å². The van der Waals surface area contributed by atoms with Crippen molar-refractivity contribution >= 4 is 228 Å². The number of ether oxygens (including phenoxy) is 1. The quantitative estimate of drug-likeness (QED) is 0.0147. The molecule has 0 amide bonds. The molecule has 0 aliphatic carbocycles. The predicted molar refractivity (Wildman–Crippen MR) is 510 cm³/mol. The molecule has 8 aromatic heterocycles. The smallest absolute Gasteiger partial charge is 0.0134 e. The number of anilines is 1. The number of fused-ring (bicyclic) bond motifs is 4. The average Bonchev–Trinajstić information content (AvgIpc) is 1.60. The second-order valence-electron chi connectivity index (χ2n) is 26.5. The fourth-order valence-electron chi connectivity index (χ4n) is 12.5. The largest absolute Gasteiger partial charge is 0.0622 e. The first-order valence-electron chi connectivity index (χ1n) is 37.8. The van der Waals surface area contributed by atoms with Gasteiger partial charge in [0.15, 0.2) is 11.6 Å². The summed E-state index contributed by atoms with van der Waals surface area (Å²) in [5.41, 5.74) is 9.42. The van der Waals surface area contributed by atoms with E-state index in [-0.39, 0.29) is 57.6 Å². The Morgan fingerprint density at radius 3 is 0.992 bits per heavy atom. The van der Waals surface area contributed by atoms with E-state index in [1.165, 1.54) is 165 Å². The molecule has 0 aliphatic heterocycles. The third-order valence-electron chi connectivity index (χ3n) is 17.8. The van der Waals surface area contributed by atoms with Crippen molar-refractivity contribution in [1.82, 2.24) is 39.9 Å². The minimum atomic E-state index is -2.24. The van der Waals surface area contributed by atoms with Crippen molar-refractivity contribution < 1.29 is 45.0 Å². The molecular weight excluding hydrogens is 1940 g/mol. The molecule has 120 heavy (non-hydrogen) atoms. The van der Waals surface area contributed by atoms with E-state index in [9.17, 15) is 39.9 Å². The average molecular weight is 2030 g/mol. The van der Waals surface area contributed by atoms with Gasteiger partial charge in [-0.25, -0.2) is 39.9 Å². The number of hydrogen-bond donors (Lipinski definition) is 1. The van der Waals surface area contributed by atoms with E-state index in [1.54, 1.807) is 13.8 Å². The van der Waals surface area contributed by atoms with Gasteiger partial charge in [-0.15, -0.1) is 0 Å². The fourth-order valence-corrected chi connectivity index (χ4v) is 35.4. The zero-order valence-electron chi connectivity index (χ0n) is 67.8. The van der Waals surface area contributed by atoms with Crippen LogP contribution in [-0.2, 0) is 20.7 Å². The second-order valence-corrected chi connectivity index (χ2v) is 52.0. The molecule has 8 heterocycles. The number of aromatic nitrogens is 8. The summed E-state index contributed by atoms with van der Waals surface area (Å²) in [5, 5.41) is 43.9. The van der Waals surface area contributed by atoms with Crippen molar-refractivity contribution in [3.05, 3.63) is 295 Å². The zero-order valence-corrected chi connectivity index (χ0v) is 80.3. The van der Waals surface area contributed by atoms with Crippen LogP contribution in [0.4, 0.5) is 22.7 Å². The van der Waals surface area contributed by atoms with Crippen LogP contribution in [0.15, 0.2) is 228 Å². The van der Waals surface area contributed by atoms with E-state index in [0.29, 0.717) is 63.4 Å². The van der Waals surface area contributed by atoms with Crippen LogP contribution in [0, 0.1) is 58.0 Å². The van der Waals surface area contributed by atoms with Gasteiger partial charge in [-0.1, -0.05) is 241 Å². The van der Waals surface area contributed by atoms with Crippen molar-refractivity contribution in [2.24, 2.45) is 0 Å². The third-order valence-corrected chi connectivity index (χ3v) is 42.0. The number of Topliss-reactive ketones (excluding diaryl/α,β-unsaturated/α-hetero) is 2. The van der Waals surface area contributed by atoms with Crippen LogP contribution in [0.25, 0.3) is 47.0 Å². The summed E-state index contributed by atoms with van der Waals surface area (Å²) in [7, 11) is 8.74. The Labute approximate surface area is 748 Å². The number of carbonyl (C=O) groups excluding carboxylic acids is 2. The second kappa shape index (κ2) is 51.4. The Bertz CT molecular complexity index is 5250. The molecule has 0 bridgehead atoms. The van der Waals surface area contributed by atoms with Crippen molar-refractivity contribution in [3.8, 4) is 0 Å². The molecule has 32 heteroatoms. The van der Waals surface area contributed by atoms with Crippen LogP contribution in [0.5, 0.6) is 0 Å². The van der Waals surface area contributed by atoms with Crippen LogP contribution < -0.4 is 37.6 Å². The summed E-state index contributed by atoms with van der Waals surface area (Å²) >= 11 is 6.41. The topological polar surface area (TPSA) is 302 Å². The van der Waals surface area contributed by atoms with E-state index >= 15 is 0 Å². The first-order valence-corrected chi connectivity index (χ1v) is 56.0. The summed E-state index contributed by atoms with van der Waals surface area (Å²) in [4.78, 5) is 89.0. The molecule has 0 unspecified atom stereocenters. The number of nitrogens with two attached hydrogens (primary N) is 1. The van der Waals surface area contributed by atoms with E-state index in [2.05, 4.69) is 279 Å². The Balaban J connectivity index is 0.000000216. The molecule has 6 aromatic carbocycles. The van der Waals surface area contributed by atoms with Gasteiger partial charge in [0.25, 0.3) is 5.69 Å². The molecule has 0 saturated carbocycles. The van der Waals surface area contributed by atoms with Gasteiger partial charge in [-0.2, -0.15) is 0 Å². The standard InChI is InChI=1S/2C18H15P.C10H9N3O2S.C9H7N3O3S.C9H9N3OS.C7H4BrN3O2S.C4H7O.3C4H9.CH4.2ClH.Pd.Sn/c2*1-4-10-16(11-5-1)19(17-12-6-2-7-13-17)18-14-8-3-9-15-18;1-5(2)8-7(13(14)15)4-11-10-9(8)12-6(3)16-10;1-4(13)7-6(12(14)15)3-10-9-8(7)11-5(2)16-9;1-4(13)7-6(10)3-11-9-8(7)12-5(2)14-9;1-3-10-6-5(8)4(11(12)13)2-9-7(6)14-3;1-3-5-4-2;3*1-3-4-2;;;;;/h2*1-15H;4H,1H2,2-3H3;3H,1-2H3;3H,10H2,1-2H3;2H,1H3;1,4H2,2H3;3*1,3-4H2,2H3;1H4;2*1H;;/q;;;;;;;;;;;;;+2;/p-2. The Morgan fingerprint density at radius 1 is 0.458 bits per heavy atom. The summed E-state index contributed by atoms with van der Waals surface area (Å²) < 4.78 is 12.0. The Morgan fingerprint density at radius 2 is 0.717 bits per heavy atom. The maximum absolute atomic E-state index is 11.4. The van der Waals surface area contributed by atoms with Crippen molar-refractivity contribution in [2.45, 2.75) is 135 Å². The number of hydrogen-bond acceptors (Lipinski definition) is 22. The number of nitrogens with zero attached hydrogens (tertiary/aromatic N) is 11. The van der Waals surface area contributed by atoms with Crippen LogP contribution in [0.1, 0.15) is 141 Å². The Hall–Kier alpha value is -8.52. The molecule has 0 spiro atoms. The van der Waals surface area contributed by atoms with E-state index < -0.39 is 49.0 Å². The van der Waals surface area contributed by atoms with Gasteiger partial charge in [0, 0.05) is 0 Å². The van der Waals surface area contributed by atoms with E-state index in [0.717, 1.165) is 37.7 Å². The van der Waals surface area contributed by atoms with Crippen molar-refractivity contribution in [3.63, 3.8) is 0 Å². The van der Waals surface area contributed by atoms with Crippen molar-refractivity contribution in [1.29, 1.82) is 0 Å². The number of aryl methyl sites for hydroxylation is 4. The van der Waals surface area contributed by atoms with Gasteiger partial charge in [-0.3, -0.25) is 39.9 Å². The number of rotatable bonds is 24. The number of carbonyl (C=O) groups is 2. The number of benzene rings is 6. The molecule has 14 aromatic rings. The van der Waals surface area contributed by atoms with Gasteiger partial charge < -0.3 is 5.73 Å². The first kappa shape index (κ1) is 100. The maximum atomic E-state index is 11.4. The number of nitro groups is 3. The molecule has 0 radical (unpaired) electrons. The zero-order chi connectivity index (χ0) is 86.7.